The van der Waals surface area contributed by atoms with Crippen LogP contribution in [0.2, 0.25) is 0 Å². The van der Waals surface area contributed by atoms with Crippen LogP contribution in [0.15, 0.2) is 24.3 Å². The fraction of sp³-hybridized carbons (Fsp3) is 0.591. The predicted octanol–water partition coefficient (Wildman–Crippen LogP) is 2.78. The summed E-state index contributed by atoms with van der Waals surface area (Å²) in [6.07, 6.45) is 6.12. The first-order chi connectivity index (χ1) is 14.0. The van der Waals surface area contributed by atoms with Crippen molar-refractivity contribution in [3.8, 4) is 11.8 Å². The normalized spacial score (nSPS) is 21.2. The van der Waals surface area contributed by atoms with Gasteiger partial charge in [0, 0.05) is 12.7 Å². The molecule has 7 heteroatoms. The molecule has 0 spiro atoms. The molecule has 1 aliphatic heterocycles. The highest BCUT2D eigenvalue weighted by molar-refractivity contribution is 5.95. The lowest BCUT2D eigenvalue weighted by Gasteiger charge is -2.40. The van der Waals surface area contributed by atoms with E-state index in [0.717, 1.165) is 50.7 Å². The van der Waals surface area contributed by atoms with Crippen molar-refractivity contribution < 1.29 is 14.3 Å². The van der Waals surface area contributed by atoms with Crippen LogP contribution in [0, 0.1) is 11.3 Å². The molecule has 1 saturated carbocycles. The van der Waals surface area contributed by atoms with Crippen LogP contribution in [-0.2, 0) is 9.59 Å². The van der Waals surface area contributed by atoms with Crippen molar-refractivity contribution in [2.75, 3.05) is 32.6 Å². The number of carbonyl (C=O) groups is 2. The van der Waals surface area contributed by atoms with E-state index in [0.29, 0.717) is 12.2 Å². The molecular weight excluding hydrogens is 368 g/mol. The Morgan fingerprint density at radius 2 is 1.93 bits per heavy atom. The molecule has 0 radical (unpaired) electrons. The molecule has 1 N–H and O–H groups in total. The van der Waals surface area contributed by atoms with Crippen LogP contribution >= 0.6 is 0 Å². The van der Waals surface area contributed by atoms with Crippen molar-refractivity contribution in [3.63, 3.8) is 0 Å². The highest BCUT2D eigenvalue weighted by Gasteiger charge is 2.40. The molecule has 1 saturated heterocycles. The van der Waals surface area contributed by atoms with Crippen molar-refractivity contribution in [1.82, 2.24) is 9.80 Å². The molecule has 2 aliphatic rings. The summed E-state index contributed by atoms with van der Waals surface area (Å²) >= 11 is 0. The van der Waals surface area contributed by atoms with Crippen molar-refractivity contribution in [2.24, 2.45) is 0 Å². The smallest absolute Gasteiger partial charge is 0.241 e. The Bertz CT molecular complexity index is 765. The molecule has 2 amide bonds. The number of nitrogens with one attached hydrogen (secondary N) is 1. The Morgan fingerprint density at radius 1 is 1.24 bits per heavy atom. The van der Waals surface area contributed by atoms with E-state index in [9.17, 15) is 14.9 Å². The number of rotatable bonds is 6. The van der Waals surface area contributed by atoms with Crippen LogP contribution in [0.5, 0.6) is 5.75 Å². The van der Waals surface area contributed by atoms with E-state index in [4.69, 9.17) is 4.74 Å². The summed E-state index contributed by atoms with van der Waals surface area (Å²) in [5, 5.41) is 12.7. The number of carbonyl (C=O) groups excluding carboxylic acids is 2. The Labute approximate surface area is 172 Å². The third kappa shape index (κ3) is 4.70. The maximum absolute atomic E-state index is 12.9. The monoisotopic (exact) mass is 398 g/mol. The molecule has 3 rings (SSSR count). The van der Waals surface area contributed by atoms with Gasteiger partial charge >= 0.3 is 0 Å². The number of ether oxygens (including phenoxy) is 1. The second-order valence-corrected chi connectivity index (χ2v) is 8.00. The van der Waals surface area contributed by atoms with E-state index in [1.807, 2.05) is 4.90 Å². The van der Waals surface area contributed by atoms with Gasteiger partial charge in [-0.25, -0.2) is 0 Å². The first-order valence-electron chi connectivity index (χ1n) is 10.4. The van der Waals surface area contributed by atoms with Crippen molar-refractivity contribution in [1.29, 1.82) is 5.26 Å². The summed E-state index contributed by atoms with van der Waals surface area (Å²) in [6.45, 7) is 0.875. The summed E-state index contributed by atoms with van der Waals surface area (Å²) in [5.74, 6) is 0.543. The number of nitrogens with zero attached hydrogens (tertiary/aromatic N) is 3. The summed E-state index contributed by atoms with van der Waals surface area (Å²) in [7, 11) is 3.33. The molecular formula is C22H30N4O3. The van der Waals surface area contributed by atoms with Crippen LogP contribution in [0.3, 0.4) is 0 Å². The first-order valence-corrected chi connectivity index (χ1v) is 10.4. The first kappa shape index (κ1) is 21.1. The van der Waals surface area contributed by atoms with E-state index >= 15 is 0 Å². The Morgan fingerprint density at radius 3 is 2.55 bits per heavy atom. The molecule has 1 atom stereocenters. The second kappa shape index (κ2) is 9.27. The molecule has 29 heavy (non-hydrogen) atoms. The minimum atomic E-state index is -0.699. The minimum Gasteiger partial charge on any atom is -0.497 e. The van der Waals surface area contributed by atoms with Gasteiger partial charge in [0.1, 0.15) is 11.3 Å². The van der Waals surface area contributed by atoms with Gasteiger partial charge in [0.2, 0.25) is 11.8 Å². The summed E-state index contributed by atoms with van der Waals surface area (Å²) in [6, 6.07) is 9.26. The van der Waals surface area contributed by atoms with Gasteiger partial charge in [-0.1, -0.05) is 19.3 Å². The van der Waals surface area contributed by atoms with Gasteiger partial charge in [-0.3, -0.25) is 14.5 Å². The average molecular weight is 399 g/mol. The van der Waals surface area contributed by atoms with Crippen LogP contribution in [0.25, 0.3) is 0 Å². The van der Waals surface area contributed by atoms with Crippen molar-refractivity contribution in [2.45, 2.75) is 56.5 Å². The number of nitriles is 1. The Kier molecular flexibility index (Phi) is 6.75. The lowest BCUT2D eigenvalue weighted by molar-refractivity contribution is -0.136. The number of hydrogen-bond donors (Lipinski definition) is 1. The van der Waals surface area contributed by atoms with Gasteiger partial charge in [0.15, 0.2) is 0 Å². The molecule has 0 bridgehead atoms. The summed E-state index contributed by atoms with van der Waals surface area (Å²) in [5.41, 5.74) is 0.00680. The number of amides is 2. The fourth-order valence-corrected chi connectivity index (χ4v) is 4.39. The number of hydrogen-bond acceptors (Lipinski definition) is 5. The van der Waals surface area contributed by atoms with Gasteiger partial charge in [-0.15, -0.1) is 0 Å². The second-order valence-electron chi connectivity index (χ2n) is 8.00. The summed E-state index contributed by atoms with van der Waals surface area (Å²) < 4.78 is 5.14. The van der Waals surface area contributed by atoms with E-state index in [1.165, 1.54) is 0 Å². The van der Waals surface area contributed by atoms with Crippen LogP contribution in [-0.4, -0.2) is 60.4 Å². The molecule has 7 nitrogen and oxygen atoms in total. The predicted molar refractivity (Wildman–Crippen MR) is 110 cm³/mol. The maximum Gasteiger partial charge on any atom is 0.241 e. The van der Waals surface area contributed by atoms with E-state index in [-0.39, 0.29) is 24.4 Å². The third-order valence-corrected chi connectivity index (χ3v) is 6.27. The quantitative estimate of drug-likeness (QED) is 0.796. The molecule has 1 aliphatic carbocycles. The van der Waals surface area contributed by atoms with E-state index < -0.39 is 5.54 Å². The number of anilines is 1. The zero-order valence-corrected chi connectivity index (χ0v) is 17.3. The number of likely N-dealkylation sites (N-methyl/N-ethyl adjacent to an activating group) is 1. The lowest BCUT2D eigenvalue weighted by Crippen LogP contribution is -2.53. The topological polar surface area (TPSA) is 85.7 Å². The Hall–Kier alpha value is -2.59. The van der Waals surface area contributed by atoms with Gasteiger partial charge < -0.3 is 15.0 Å². The largest absolute Gasteiger partial charge is 0.497 e. The molecule has 1 aromatic carbocycles. The number of methoxy groups -OCH3 is 1. The van der Waals surface area contributed by atoms with E-state index in [1.54, 1.807) is 43.3 Å². The van der Waals surface area contributed by atoms with Gasteiger partial charge in [0.25, 0.3) is 0 Å². The van der Waals surface area contributed by atoms with Crippen molar-refractivity contribution >= 4 is 17.5 Å². The van der Waals surface area contributed by atoms with Crippen LogP contribution < -0.4 is 10.1 Å². The van der Waals surface area contributed by atoms with Gasteiger partial charge in [-0.05, 0) is 56.5 Å². The zero-order chi connectivity index (χ0) is 20.9. The standard InChI is InChI=1S/C22H30N4O3/c1-25(22(16-23)12-4-3-5-13-22)20(27)15-26-14-6-7-19(26)21(28)24-17-8-10-18(29-2)11-9-17/h8-11,19H,3-7,12-15H2,1-2H3,(H,24,28). The molecule has 2 fully saturated rings. The molecule has 156 valence electrons. The molecule has 1 heterocycles. The van der Waals surface area contributed by atoms with Gasteiger partial charge in [-0.2, -0.15) is 5.26 Å². The van der Waals surface area contributed by atoms with Gasteiger partial charge in [0.05, 0.1) is 25.8 Å². The summed E-state index contributed by atoms with van der Waals surface area (Å²) in [4.78, 5) is 29.3. The highest BCUT2D eigenvalue weighted by Crippen LogP contribution is 2.32. The third-order valence-electron chi connectivity index (χ3n) is 6.27. The zero-order valence-electron chi connectivity index (χ0n) is 17.3. The minimum absolute atomic E-state index is 0.0856. The number of likely N-dealkylation sites (tertiary alicyclic amines) is 1. The van der Waals surface area contributed by atoms with Crippen LogP contribution in [0.1, 0.15) is 44.9 Å². The highest BCUT2D eigenvalue weighted by atomic mass is 16.5. The fourth-order valence-electron chi connectivity index (χ4n) is 4.39. The van der Waals surface area contributed by atoms with E-state index in [2.05, 4.69) is 11.4 Å². The molecule has 1 aromatic rings. The van der Waals surface area contributed by atoms with Crippen LogP contribution in [0.4, 0.5) is 5.69 Å². The maximum atomic E-state index is 12.9. The van der Waals surface area contributed by atoms with Crippen molar-refractivity contribution in [3.05, 3.63) is 24.3 Å². The SMILES string of the molecule is COc1ccc(NC(=O)C2CCCN2CC(=O)N(C)C2(C#N)CCCCC2)cc1. The molecule has 0 aromatic heterocycles. The Balaban J connectivity index is 1.61. The number of benzene rings is 1. The average Bonchev–Trinajstić information content (AvgIpc) is 3.22. The molecule has 1 unspecified atom stereocenters. The lowest BCUT2D eigenvalue weighted by atomic mass is 9.81.